The van der Waals surface area contributed by atoms with E-state index in [0.717, 1.165) is 5.75 Å². The molecule has 0 saturated heterocycles. The third-order valence-corrected chi connectivity index (χ3v) is 2.25. The van der Waals surface area contributed by atoms with E-state index >= 15 is 0 Å². The molecule has 2 aromatic rings. The Labute approximate surface area is 96.0 Å². The Balaban J connectivity index is 1.89. The topological polar surface area (TPSA) is 89.9 Å². The highest BCUT2D eigenvalue weighted by Gasteiger charge is 2.07. The lowest BCUT2D eigenvalue weighted by atomic mass is 10.6. The molecule has 2 aromatic heterocycles. The number of nitrogens with one attached hydrogen (secondary N) is 1. The van der Waals surface area contributed by atoms with Crippen molar-refractivity contribution in [1.29, 1.82) is 0 Å². The summed E-state index contributed by atoms with van der Waals surface area (Å²) in [5.74, 6) is 2.44. The van der Waals surface area contributed by atoms with Gasteiger partial charge in [-0.2, -0.15) is 16.7 Å². The maximum atomic E-state index is 5.13. The predicted octanol–water partition coefficient (Wildman–Crippen LogP) is 1.24. The maximum Gasteiger partial charge on any atom is 0.315 e. The fourth-order valence-electron chi connectivity index (χ4n) is 1.07. The van der Waals surface area contributed by atoms with Crippen LogP contribution in [0.25, 0.3) is 0 Å². The Kier molecular flexibility index (Phi) is 3.40. The number of aryl methyl sites for hydroxylation is 1. The highest BCUT2D eigenvalue weighted by Crippen LogP contribution is 2.08. The van der Waals surface area contributed by atoms with Crippen LogP contribution in [0, 0.1) is 6.92 Å². The molecular weight excluding hydrogens is 230 g/mol. The van der Waals surface area contributed by atoms with Crippen molar-refractivity contribution in [2.45, 2.75) is 19.2 Å². The van der Waals surface area contributed by atoms with Crippen LogP contribution < -0.4 is 5.32 Å². The number of aromatic nitrogens is 4. The molecule has 0 spiro atoms. The van der Waals surface area contributed by atoms with Gasteiger partial charge >= 0.3 is 6.01 Å². The lowest BCUT2D eigenvalue weighted by Crippen LogP contribution is -2.00. The molecule has 0 aliphatic carbocycles. The van der Waals surface area contributed by atoms with Crippen molar-refractivity contribution in [3.05, 3.63) is 17.6 Å². The molecule has 0 bridgehead atoms. The molecule has 86 valence electrons. The molecule has 0 aromatic carbocycles. The average molecular weight is 241 g/mol. The average Bonchev–Trinajstić information content (AvgIpc) is 2.85. The van der Waals surface area contributed by atoms with Crippen molar-refractivity contribution < 1.29 is 8.94 Å². The minimum Gasteiger partial charge on any atom is -0.408 e. The summed E-state index contributed by atoms with van der Waals surface area (Å²) in [6.07, 6.45) is 1.98. The molecule has 0 aliphatic heterocycles. The summed E-state index contributed by atoms with van der Waals surface area (Å²) >= 11 is 1.64. The first-order valence-corrected chi connectivity index (χ1v) is 6.01. The summed E-state index contributed by atoms with van der Waals surface area (Å²) in [7, 11) is 0. The molecule has 2 rings (SSSR count). The van der Waals surface area contributed by atoms with Crippen LogP contribution in [0.1, 0.15) is 17.6 Å². The Morgan fingerprint density at radius 3 is 2.94 bits per heavy atom. The van der Waals surface area contributed by atoms with Crippen molar-refractivity contribution in [3.8, 4) is 0 Å². The normalized spacial score (nSPS) is 10.6. The monoisotopic (exact) mass is 241 g/mol. The summed E-state index contributed by atoms with van der Waals surface area (Å²) in [5.41, 5.74) is 0. The zero-order valence-corrected chi connectivity index (χ0v) is 9.74. The molecule has 0 atom stereocenters. The zero-order valence-electron chi connectivity index (χ0n) is 8.93. The van der Waals surface area contributed by atoms with Crippen LogP contribution in [0.3, 0.4) is 0 Å². The first-order valence-electron chi connectivity index (χ1n) is 4.62. The summed E-state index contributed by atoms with van der Waals surface area (Å²) in [6.45, 7) is 2.10. The molecule has 2 heterocycles. The van der Waals surface area contributed by atoms with Gasteiger partial charge in [-0.1, -0.05) is 10.3 Å². The molecule has 0 aliphatic rings. The first kappa shape index (κ1) is 10.9. The van der Waals surface area contributed by atoms with Crippen molar-refractivity contribution >= 4 is 17.8 Å². The number of nitrogens with zero attached hydrogens (tertiary/aromatic N) is 4. The second-order valence-electron chi connectivity index (χ2n) is 3.02. The van der Waals surface area contributed by atoms with Crippen molar-refractivity contribution in [3.63, 3.8) is 0 Å². The second-order valence-corrected chi connectivity index (χ2v) is 3.88. The summed E-state index contributed by atoms with van der Waals surface area (Å²) < 4.78 is 10.2. The largest absolute Gasteiger partial charge is 0.408 e. The molecular formula is C8H11N5O2S. The Bertz CT molecular complexity index is 455. The molecule has 0 amide bonds. The highest BCUT2D eigenvalue weighted by molar-refractivity contribution is 7.97. The van der Waals surface area contributed by atoms with E-state index < -0.39 is 0 Å². The van der Waals surface area contributed by atoms with Crippen LogP contribution in [-0.2, 0) is 12.3 Å². The molecule has 8 heteroatoms. The lowest BCUT2D eigenvalue weighted by Gasteiger charge is -1.93. The van der Waals surface area contributed by atoms with E-state index in [2.05, 4.69) is 25.7 Å². The van der Waals surface area contributed by atoms with Crippen molar-refractivity contribution in [2.75, 3.05) is 11.6 Å². The van der Waals surface area contributed by atoms with Gasteiger partial charge in [-0.15, -0.1) is 5.10 Å². The molecule has 16 heavy (non-hydrogen) atoms. The summed E-state index contributed by atoms with van der Waals surface area (Å²) in [5, 5.41) is 14.2. The van der Waals surface area contributed by atoms with E-state index in [0.29, 0.717) is 30.2 Å². The number of rotatable bonds is 5. The van der Waals surface area contributed by atoms with E-state index in [1.165, 1.54) is 0 Å². The fraction of sp³-hybridized carbons (Fsp3) is 0.500. The SMILES string of the molecule is CSCc1noc(CNc2nnc(C)o2)n1. The van der Waals surface area contributed by atoms with E-state index in [-0.39, 0.29) is 0 Å². The van der Waals surface area contributed by atoms with Crippen LogP contribution >= 0.6 is 11.8 Å². The van der Waals surface area contributed by atoms with Gasteiger partial charge in [-0.05, 0) is 6.26 Å². The molecule has 1 N–H and O–H groups in total. The van der Waals surface area contributed by atoms with Gasteiger partial charge in [0.2, 0.25) is 11.8 Å². The highest BCUT2D eigenvalue weighted by atomic mass is 32.2. The summed E-state index contributed by atoms with van der Waals surface area (Å²) in [6, 6.07) is 0.349. The van der Waals surface area contributed by atoms with Crippen LogP contribution in [0.2, 0.25) is 0 Å². The minimum absolute atomic E-state index is 0.349. The maximum absolute atomic E-state index is 5.13. The van der Waals surface area contributed by atoms with Gasteiger partial charge in [0.05, 0.1) is 12.3 Å². The van der Waals surface area contributed by atoms with Gasteiger partial charge in [0, 0.05) is 6.92 Å². The molecule has 0 saturated carbocycles. The van der Waals surface area contributed by atoms with E-state index in [1.807, 2.05) is 6.26 Å². The van der Waals surface area contributed by atoms with Gasteiger partial charge in [-0.25, -0.2) is 0 Å². The van der Waals surface area contributed by atoms with Crippen molar-refractivity contribution in [2.24, 2.45) is 0 Å². The van der Waals surface area contributed by atoms with Gasteiger partial charge in [0.1, 0.15) is 0 Å². The summed E-state index contributed by atoms with van der Waals surface area (Å²) in [4.78, 5) is 4.17. The Hall–Kier alpha value is -1.57. The van der Waals surface area contributed by atoms with Crippen LogP contribution in [0.15, 0.2) is 8.94 Å². The minimum atomic E-state index is 0.349. The first-order chi connectivity index (χ1) is 7.78. The quantitative estimate of drug-likeness (QED) is 0.836. The Morgan fingerprint density at radius 2 is 2.25 bits per heavy atom. The van der Waals surface area contributed by atoms with Crippen molar-refractivity contribution in [1.82, 2.24) is 20.3 Å². The Morgan fingerprint density at radius 1 is 1.38 bits per heavy atom. The second kappa shape index (κ2) is 4.97. The van der Waals surface area contributed by atoms with Crippen LogP contribution in [0.4, 0.5) is 6.01 Å². The van der Waals surface area contributed by atoms with Gasteiger partial charge in [-0.3, -0.25) is 0 Å². The third-order valence-electron chi connectivity index (χ3n) is 1.70. The van der Waals surface area contributed by atoms with E-state index in [4.69, 9.17) is 8.94 Å². The lowest BCUT2D eigenvalue weighted by molar-refractivity contribution is 0.378. The number of hydrogen-bond donors (Lipinski definition) is 1. The molecule has 0 unspecified atom stereocenters. The number of hydrogen-bond acceptors (Lipinski definition) is 8. The van der Waals surface area contributed by atoms with Crippen LogP contribution in [-0.4, -0.2) is 26.6 Å². The standard InChI is InChI=1S/C8H11N5O2S/c1-5-11-12-8(14-5)9-3-7-10-6(4-16-2)13-15-7/h3-4H2,1-2H3,(H,9,12). The fourth-order valence-corrected chi connectivity index (χ4v) is 1.44. The zero-order chi connectivity index (χ0) is 11.4. The molecule has 0 fully saturated rings. The van der Waals surface area contributed by atoms with Gasteiger partial charge < -0.3 is 14.3 Å². The number of thioether (sulfide) groups is 1. The molecule has 7 nitrogen and oxygen atoms in total. The van der Waals surface area contributed by atoms with Crippen LogP contribution in [0.5, 0.6) is 0 Å². The number of anilines is 1. The van der Waals surface area contributed by atoms with Gasteiger partial charge in [0.15, 0.2) is 5.82 Å². The van der Waals surface area contributed by atoms with E-state index in [9.17, 15) is 0 Å². The predicted molar refractivity (Wildman–Crippen MR) is 57.9 cm³/mol. The van der Waals surface area contributed by atoms with Gasteiger partial charge in [0.25, 0.3) is 0 Å². The third kappa shape index (κ3) is 2.72. The molecule has 0 radical (unpaired) electrons. The van der Waals surface area contributed by atoms with E-state index in [1.54, 1.807) is 18.7 Å². The smallest absolute Gasteiger partial charge is 0.315 e.